The van der Waals surface area contributed by atoms with E-state index in [4.69, 9.17) is 0 Å². The van der Waals surface area contributed by atoms with Crippen molar-refractivity contribution in [1.82, 2.24) is 10.3 Å². The van der Waals surface area contributed by atoms with E-state index in [2.05, 4.69) is 55.5 Å². The first-order chi connectivity index (χ1) is 8.63. The van der Waals surface area contributed by atoms with Gasteiger partial charge in [-0.25, -0.2) is 0 Å². The van der Waals surface area contributed by atoms with Crippen molar-refractivity contribution in [2.45, 2.75) is 33.7 Å². The number of nitrogens with one attached hydrogen (secondary N) is 1. The van der Waals surface area contributed by atoms with Crippen LogP contribution >= 0.6 is 11.3 Å². The minimum atomic E-state index is 0.218. The Bertz CT molecular complexity index is 531. The third kappa shape index (κ3) is 2.62. The van der Waals surface area contributed by atoms with Crippen molar-refractivity contribution < 1.29 is 0 Å². The van der Waals surface area contributed by atoms with Crippen LogP contribution in [0.3, 0.4) is 0 Å². The van der Waals surface area contributed by atoms with E-state index in [9.17, 15) is 0 Å². The number of thiophene rings is 1. The zero-order valence-corrected chi connectivity index (χ0v) is 12.3. The van der Waals surface area contributed by atoms with Gasteiger partial charge >= 0.3 is 0 Å². The molecule has 18 heavy (non-hydrogen) atoms. The van der Waals surface area contributed by atoms with Crippen LogP contribution < -0.4 is 5.32 Å². The first kappa shape index (κ1) is 13.2. The summed E-state index contributed by atoms with van der Waals surface area (Å²) in [5.41, 5.74) is 4.96. The minimum absolute atomic E-state index is 0.218. The van der Waals surface area contributed by atoms with Crippen molar-refractivity contribution in [1.29, 1.82) is 0 Å². The summed E-state index contributed by atoms with van der Waals surface area (Å²) in [5.74, 6) is 0. The second-order valence-electron chi connectivity index (χ2n) is 4.67. The minimum Gasteiger partial charge on any atom is -0.305 e. The van der Waals surface area contributed by atoms with Crippen LogP contribution in [0.4, 0.5) is 0 Å². The molecule has 0 aromatic carbocycles. The molecule has 0 saturated heterocycles. The van der Waals surface area contributed by atoms with E-state index < -0.39 is 0 Å². The van der Waals surface area contributed by atoms with Crippen LogP contribution in [0, 0.1) is 20.8 Å². The van der Waals surface area contributed by atoms with Gasteiger partial charge in [-0.3, -0.25) is 4.98 Å². The number of rotatable bonds is 4. The standard InChI is InChI=1S/C15H20N2S/c1-5-16-14(15-11(3)6-7-18-15)13-12(4)8-10(2)9-17-13/h6-9,14,16H,5H2,1-4H3. The van der Waals surface area contributed by atoms with Gasteiger partial charge in [-0.15, -0.1) is 11.3 Å². The van der Waals surface area contributed by atoms with Crippen molar-refractivity contribution in [2.75, 3.05) is 6.54 Å². The molecule has 0 spiro atoms. The van der Waals surface area contributed by atoms with Gasteiger partial charge in [0.25, 0.3) is 0 Å². The van der Waals surface area contributed by atoms with E-state index in [1.165, 1.54) is 21.6 Å². The quantitative estimate of drug-likeness (QED) is 0.905. The molecule has 0 radical (unpaired) electrons. The molecule has 2 nitrogen and oxygen atoms in total. The molecule has 0 aliphatic rings. The Morgan fingerprint density at radius 3 is 2.61 bits per heavy atom. The average molecular weight is 260 g/mol. The van der Waals surface area contributed by atoms with Crippen LogP contribution in [0.1, 0.15) is 40.2 Å². The number of aromatic nitrogens is 1. The Morgan fingerprint density at radius 2 is 2.06 bits per heavy atom. The largest absolute Gasteiger partial charge is 0.305 e. The number of nitrogens with zero attached hydrogens (tertiary/aromatic N) is 1. The number of aryl methyl sites for hydroxylation is 3. The maximum absolute atomic E-state index is 4.64. The predicted molar refractivity (Wildman–Crippen MR) is 78.3 cm³/mol. The Labute approximate surface area is 113 Å². The Kier molecular flexibility index (Phi) is 4.15. The zero-order chi connectivity index (χ0) is 13.1. The van der Waals surface area contributed by atoms with Gasteiger partial charge in [-0.2, -0.15) is 0 Å². The molecule has 0 bridgehead atoms. The molecular weight excluding hydrogens is 240 g/mol. The molecule has 2 rings (SSSR count). The fraction of sp³-hybridized carbons (Fsp3) is 0.400. The van der Waals surface area contributed by atoms with Gasteiger partial charge in [0.2, 0.25) is 0 Å². The molecule has 3 heteroatoms. The molecule has 2 heterocycles. The fourth-order valence-electron chi connectivity index (χ4n) is 2.23. The first-order valence-electron chi connectivity index (χ1n) is 6.34. The smallest absolute Gasteiger partial charge is 0.0850 e. The van der Waals surface area contributed by atoms with Gasteiger partial charge in [0.1, 0.15) is 0 Å². The average Bonchev–Trinajstić information content (AvgIpc) is 2.73. The summed E-state index contributed by atoms with van der Waals surface area (Å²) >= 11 is 1.80. The number of hydrogen-bond acceptors (Lipinski definition) is 3. The molecular formula is C15H20N2S. The highest BCUT2D eigenvalue weighted by Gasteiger charge is 2.19. The lowest BCUT2D eigenvalue weighted by Crippen LogP contribution is -2.23. The highest BCUT2D eigenvalue weighted by molar-refractivity contribution is 7.10. The fourth-order valence-corrected chi connectivity index (χ4v) is 3.23. The van der Waals surface area contributed by atoms with E-state index in [1.54, 1.807) is 11.3 Å². The van der Waals surface area contributed by atoms with E-state index >= 15 is 0 Å². The lowest BCUT2D eigenvalue weighted by molar-refractivity contribution is 0.618. The highest BCUT2D eigenvalue weighted by atomic mass is 32.1. The molecule has 2 aromatic heterocycles. The van der Waals surface area contributed by atoms with Gasteiger partial charge in [-0.05, 0) is 55.5 Å². The third-order valence-electron chi connectivity index (χ3n) is 3.10. The van der Waals surface area contributed by atoms with Crippen LogP contribution in [-0.2, 0) is 0 Å². The van der Waals surface area contributed by atoms with Gasteiger partial charge in [0.15, 0.2) is 0 Å². The maximum Gasteiger partial charge on any atom is 0.0850 e. The van der Waals surface area contributed by atoms with E-state index in [0.717, 1.165) is 12.2 Å². The van der Waals surface area contributed by atoms with Crippen LogP contribution in [0.5, 0.6) is 0 Å². The molecule has 2 aromatic rings. The summed E-state index contributed by atoms with van der Waals surface area (Å²) < 4.78 is 0. The molecule has 1 N–H and O–H groups in total. The molecule has 1 unspecified atom stereocenters. The molecule has 0 saturated carbocycles. The molecule has 1 atom stereocenters. The summed E-state index contributed by atoms with van der Waals surface area (Å²) in [6.45, 7) is 9.47. The zero-order valence-electron chi connectivity index (χ0n) is 11.4. The lowest BCUT2D eigenvalue weighted by atomic mass is 10.0. The van der Waals surface area contributed by atoms with Gasteiger partial charge < -0.3 is 5.32 Å². The third-order valence-corrected chi connectivity index (χ3v) is 4.18. The monoisotopic (exact) mass is 260 g/mol. The van der Waals surface area contributed by atoms with E-state index in [0.29, 0.717) is 0 Å². The summed E-state index contributed by atoms with van der Waals surface area (Å²) in [5, 5.41) is 5.70. The number of hydrogen-bond donors (Lipinski definition) is 1. The van der Waals surface area contributed by atoms with Crippen molar-refractivity contribution >= 4 is 11.3 Å². The summed E-state index contributed by atoms with van der Waals surface area (Å²) in [7, 11) is 0. The summed E-state index contributed by atoms with van der Waals surface area (Å²) in [4.78, 5) is 6.01. The Hall–Kier alpha value is -1.19. The number of pyridine rings is 1. The van der Waals surface area contributed by atoms with Crippen molar-refractivity contribution in [3.05, 3.63) is 51.0 Å². The first-order valence-corrected chi connectivity index (χ1v) is 7.22. The van der Waals surface area contributed by atoms with Crippen LogP contribution in [-0.4, -0.2) is 11.5 Å². The van der Waals surface area contributed by atoms with Crippen molar-refractivity contribution in [2.24, 2.45) is 0 Å². The van der Waals surface area contributed by atoms with Crippen LogP contribution in [0.2, 0.25) is 0 Å². The molecule has 0 aliphatic heterocycles. The predicted octanol–water partition coefficient (Wildman–Crippen LogP) is 3.77. The molecule has 0 fully saturated rings. The normalized spacial score (nSPS) is 12.7. The molecule has 0 amide bonds. The van der Waals surface area contributed by atoms with Crippen molar-refractivity contribution in [3.63, 3.8) is 0 Å². The second-order valence-corrected chi connectivity index (χ2v) is 5.62. The van der Waals surface area contributed by atoms with E-state index in [-0.39, 0.29) is 6.04 Å². The second kappa shape index (κ2) is 5.63. The van der Waals surface area contributed by atoms with Crippen LogP contribution in [0.25, 0.3) is 0 Å². The van der Waals surface area contributed by atoms with Gasteiger partial charge in [0.05, 0.1) is 11.7 Å². The lowest BCUT2D eigenvalue weighted by Gasteiger charge is -2.19. The summed E-state index contributed by atoms with van der Waals surface area (Å²) in [6, 6.07) is 4.60. The highest BCUT2D eigenvalue weighted by Crippen LogP contribution is 2.30. The summed E-state index contributed by atoms with van der Waals surface area (Å²) in [6.07, 6.45) is 1.95. The Balaban J connectivity index is 2.45. The Morgan fingerprint density at radius 1 is 1.28 bits per heavy atom. The van der Waals surface area contributed by atoms with Crippen LogP contribution in [0.15, 0.2) is 23.7 Å². The molecule has 96 valence electrons. The maximum atomic E-state index is 4.64. The SMILES string of the molecule is CCNC(c1ncc(C)cc1C)c1sccc1C. The van der Waals surface area contributed by atoms with Gasteiger partial charge in [0, 0.05) is 11.1 Å². The van der Waals surface area contributed by atoms with Gasteiger partial charge in [-0.1, -0.05) is 13.0 Å². The van der Waals surface area contributed by atoms with Crippen molar-refractivity contribution in [3.8, 4) is 0 Å². The topological polar surface area (TPSA) is 24.9 Å². The molecule has 0 aliphatic carbocycles. The van der Waals surface area contributed by atoms with E-state index in [1.807, 2.05) is 6.20 Å².